The standard InChI is InChI=1S/C13H24N2O2S2/c1-10(2)8-11(3)15(5)19(16,17)13-6-7-18-12(13)9-14-4/h6-7,10-11,14H,8-9H2,1-5H3. The maximum Gasteiger partial charge on any atom is 0.244 e. The Hall–Kier alpha value is -0.430. The molecule has 19 heavy (non-hydrogen) atoms. The van der Waals surface area contributed by atoms with E-state index in [-0.39, 0.29) is 6.04 Å². The zero-order valence-corrected chi connectivity index (χ0v) is 13.9. The zero-order chi connectivity index (χ0) is 14.6. The SMILES string of the molecule is CNCc1sccc1S(=O)(=O)N(C)C(C)CC(C)C. The quantitative estimate of drug-likeness (QED) is 0.842. The van der Waals surface area contributed by atoms with E-state index in [2.05, 4.69) is 19.2 Å². The number of rotatable bonds is 7. The molecule has 0 bridgehead atoms. The Morgan fingerprint density at radius 1 is 1.37 bits per heavy atom. The van der Waals surface area contributed by atoms with Crippen LogP contribution < -0.4 is 5.32 Å². The van der Waals surface area contributed by atoms with Gasteiger partial charge in [-0.15, -0.1) is 11.3 Å². The van der Waals surface area contributed by atoms with Gasteiger partial charge in [-0.25, -0.2) is 8.42 Å². The van der Waals surface area contributed by atoms with Crippen LogP contribution in [-0.4, -0.2) is 32.9 Å². The van der Waals surface area contributed by atoms with E-state index in [1.165, 1.54) is 15.6 Å². The Morgan fingerprint density at radius 3 is 2.53 bits per heavy atom. The van der Waals surface area contributed by atoms with Gasteiger partial charge in [0.1, 0.15) is 0 Å². The molecule has 1 atom stereocenters. The monoisotopic (exact) mass is 304 g/mol. The first kappa shape index (κ1) is 16.6. The van der Waals surface area contributed by atoms with Gasteiger partial charge >= 0.3 is 0 Å². The second-order valence-electron chi connectivity index (χ2n) is 5.24. The summed E-state index contributed by atoms with van der Waals surface area (Å²) in [6, 6.07) is 1.71. The van der Waals surface area contributed by atoms with E-state index in [4.69, 9.17) is 0 Å². The summed E-state index contributed by atoms with van der Waals surface area (Å²) in [5.41, 5.74) is 0. The molecule has 0 saturated heterocycles. The van der Waals surface area contributed by atoms with E-state index in [9.17, 15) is 8.42 Å². The van der Waals surface area contributed by atoms with Crippen molar-refractivity contribution in [3.63, 3.8) is 0 Å². The minimum atomic E-state index is -3.39. The Labute approximate surface area is 120 Å². The molecule has 1 aromatic heterocycles. The second kappa shape index (κ2) is 6.83. The third-order valence-corrected chi connectivity index (χ3v) is 6.24. The topological polar surface area (TPSA) is 49.4 Å². The van der Waals surface area contributed by atoms with Crippen molar-refractivity contribution < 1.29 is 8.42 Å². The number of thiophene rings is 1. The number of nitrogens with one attached hydrogen (secondary N) is 1. The van der Waals surface area contributed by atoms with Crippen molar-refractivity contribution in [2.24, 2.45) is 5.92 Å². The lowest BCUT2D eigenvalue weighted by Gasteiger charge is -2.25. The molecular weight excluding hydrogens is 280 g/mol. The first-order chi connectivity index (χ1) is 8.80. The van der Waals surface area contributed by atoms with E-state index < -0.39 is 10.0 Å². The molecule has 0 aromatic carbocycles. The van der Waals surface area contributed by atoms with Crippen LogP contribution >= 0.6 is 11.3 Å². The predicted octanol–water partition coefficient (Wildman–Crippen LogP) is 2.52. The first-order valence-corrected chi connectivity index (χ1v) is 8.81. The number of sulfonamides is 1. The van der Waals surface area contributed by atoms with Crippen LogP contribution in [0.3, 0.4) is 0 Å². The van der Waals surface area contributed by atoms with Crippen LogP contribution in [0.1, 0.15) is 32.1 Å². The number of hydrogen-bond acceptors (Lipinski definition) is 4. The van der Waals surface area contributed by atoms with E-state index in [0.29, 0.717) is 17.4 Å². The smallest absolute Gasteiger partial charge is 0.244 e. The van der Waals surface area contributed by atoms with Crippen molar-refractivity contribution in [1.29, 1.82) is 0 Å². The van der Waals surface area contributed by atoms with Gasteiger partial charge in [0.15, 0.2) is 0 Å². The van der Waals surface area contributed by atoms with Crippen LogP contribution in [-0.2, 0) is 16.6 Å². The van der Waals surface area contributed by atoms with Gasteiger partial charge in [-0.1, -0.05) is 13.8 Å². The summed E-state index contributed by atoms with van der Waals surface area (Å²) in [4.78, 5) is 1.30. The van der Waals surface area contributed by atoms with E-state index in [0.717, 1.165) is 11.3 Å². The second-order valence-corrected chi connectivity index (χ2v) is 8.20. The maximum atomic E-state index is 12.6. The highest BCUT2D eigenvalue weighted by atomic mass is 32.2. The fraction of sp³-hybridized carbons (Fsp3) is 0.692. The van der Waals surface area contributed by atoms with Crippen LogP contribution in [0.5, 0.6) is 0 Å². The normalized spacial score (nSPS) is 14.3. The average Bonchev–Trinajstić information content (AvgIpc) is 2.76. The van der Waals surface area contributed by atoms with E-state index in [1.54, 1.807) is 13.1 Å². The summed E-state index contributed by atoms with van der Waals surface area (Å²) in [6.45, 7) is 6.75. The van der Waals surface area contributed by atoms with Gasteiger partial charge in [0.2, 0.25) is 10.0 Å². The molecule has 0 amide bonds. The Balaban J connectivity index is 2.99. The molecule has 0 fully saturated rings. The zero-order valence-electron chi connectivity index (χ0n) is 12.3. The Morgan fingerprint density at radius 2 is 2.00 bits per heavy atom. The van der Waals surface area contributed by atoms with Gasteiger partial charge in [0, 0.05) is 24.5 Å². The molecular formula is C13H24N2O2S2. The lowest BCUT2D eigenvalue weighted by molar-refractivity contribution is 0.337. The van der Waals surface area contributed by atoms with Crippen LogP contribution in [0.2, 0.25) is 0 Å². The van der Waals surface area contributed by atoms with Crippen LogP contribution in [0, 0.1) is 5.92 Å². The van der Waals surface area contributed by atoms with Crippen molar-refractivity contribution >= 4 is 21.4 Å². The van der Waals surface area contributed by atoms with E-state index >= 15 is 0 Å². The summed E-state index contributed by atoms with van der Waals surface area (Å²) >= 11 is 1.48. The molecule has 0 aliphatic carbocycles. The molecule has 4 nitrogen and oxygen atoms in total. The van der Waals surface area contributed by atoms with Crippen molar-refractivity contribution in [1.82, 2.24) is 9.62 Å². The van der Waals surface area contributed by atoms with Gasteiger partial charge in [0.25, 0.3) is 0 Å². The van der Waals surface area contributed by atoms with Crippen molar-refractivity contribution in [2.75, 3.05) is 14.1 Å². The molecule has 1 unspecified atom stereocenters. The summed E-state index contributed by atoms with van der Waals surface area (Å²) in [5, 5.41) is 4.84. The Bertz CT molecular complexity index is 494. The Kier molecular flexibility index (Phi) is 5.98. The minimum Gasteiger partial charge on any atom is -0.315 e. The van der Waals surface area contributed by atoms with Gasteiger partial charge in [-0.05, 0) is 37.8 Å². The number of nitrogens with zero attached hydrogens (tertiary/aromatic N) is 1. The first-order valence-electron chi connectivity index (χ1n) is 6.49. The summed E-state index contributed by atoms with van der Waals surface area (Å²) < 4.78 is 26.7. The third kappa shape index (κ3) is 4.02. The fourth-order valence-corrected chi connectivity index (χ4v) is 4.87. The van der Waals surface area contributed by atoms with Crippen LogP contribution in [0.4, 0.5) is 0 Å². The fourth-order valence-electron chi connectivity index (χ4n) is 2.07. The van der Waals surface area contributed by atoms with E-state index in [1.807, 2.05) is 19.4 Å². The molecule has 110 valence electrons. The highest BCUT2D eigenvalue weighted by Gasteiger charge is 2.28. The predicted molar refractivity (Wildman–Crippen MR) is 80.9 cm³/mol. The van der Waals surface area contributed by atoms with Gasteiger partial charge in [0.05, 0.1) is 4.90 Å². The molecule has 1 N–H and O–H groups in total. The molecule has 1 aromatic rings. The maximum absolute atomic E-state index is 12.6. The van der Waals surface area contributed by atoms with Gasteiger partial charge in [-0.3, -0.25) is 0 Å². The minimum absolute atomic E-state index is 0.00679. The summed E-state index contributed by atoms with van der Waals surface area (Å²) in [6.07, 6.45) is 0.862. The largest absolute Gasteiger partial charge is 0.315 e. The van der Waals surface area contributed by atoms with Crippen molar-refractivity contribution in [2.45, 2.75) is 44.7 Å². The van der Waals surface area contributed by atoms with Gasteiger partial charge < -0.3 is 5.32 Å². The van der Waals surface area contributed by atoms with Crippen LogP contribution in [0.25, 0.3) is 0 Å². The highest BCUT2D eigenvalue weighted by Crippen LogP contribution is 2.26. The third-order valence-electron chi connectivity index (χ3n) is 3.13. The molecule has 0 spiro atoms. The average molecular weight is 304 g/mol. The number of hydrogen-bond donors (Lipinski definition) is 1. The molecule has 0 saturated carbocycles. The molecule has 0 aliphatic rings. The van der Waals surface area contributed by atoms with Crippen molar-refractivity contribution in [3.8, 4) is 0 Å². The molecule has 6 heteroatoms. The highest BCUT2D eigenvalue weighted by molar-refractivity contribution is 7.89. The molecule has 1 heterocycles. The van der Waals surface area contributed by atoms with Crippen molar-refractivity contribution in [3.05, 3.63) is 16.3 Å². The summed E-state index contributed by atoms with van der Waals surface area (Å²) in [7, 11) is 0.101. The lowest BCUT2D eigenvalue weighted by Crippen LogP contribution is -2.36. The van der Waals surface area contributed by atoms with Crippen LogP contribution in [0.15, 0.2) is 16.3 Å². The molecule has 1 rings (SSSR count). The van der Waals surface area contributed by atoms with Gasteiger partial charge in [-0.2, -0.15) is 4.31 Å². The molecule has 0 aliphatic heterocycles. The summed E-state index contributed by atoms with van der Waals surface area (Å²) in [5.74, 6) is 0.479. The molecule has 0 radical (unpaired) electrons. The lowest BCUT2D eigenvalue weighted by atomic mass is 10.1.